The minimum absolute atomic E-state index is 0.297. The van der Waals surface area contributed by atoms with Gasteiger partial charge in [0.2, 0.25) is 5.91 Å². The van der Waals surface area contributed by atoms with Crippen LogP contribution in [-0.4, -0.2) is 61.1 Å². The molecule has 0 saturated carbocycles. The molecule has 2 atom stereocenters. The summed E-state index contributed by atoms with van der Waals surface area (Å²) >= 11 is 0. The molecule has 0 radical (unpaired) electrons. The normalized spacial score (nSPS) is 25.3. The van der Waals surface area contributed by atoms with Crippen LogP contribution in [0.2, 0.25) is 0 Å². The molecule has 4 heteroatoms. The highest BCUT2D eigenvalue weighted by Crippen LogP contribution is 2.31. The van der Waals surface area contributed by atoms with Crippen LogP contribution in [-0.2, 0) is 16.0 Å². The first-order valence-electron chi connectivity index (χ1n) is 9.66. The van der Waals surface area contributed by atoms with Crippen molar-refractivity contribution in [2.45, 2.75) is 39.7 Å². The first-order chi connectivity index (χ1) is 12.0. The van der Waals surface area contributed by atoms with Gasteiger partial charge in [0.15, 0.2) is 0 Å². The number of hydrogen-bond donors (Lipinski definition) is 0. The number of nitrogens with zero attached hydrogens (tertiary/aromatic N) is 2. The molecule has 0 aromatic heterocycles. The van der Waals surface area contributed by atoms with E-state index in [2.05, 4.69) is 42.7 Å². The standard InChI is InChI=1S/C21H32N2O2/c1-4-18-15-23(16-19(18)22-10-12-25-13-11-22)20(24)21(2,3)14-17-8-6-5-7-9-17/h5-9,18-19H,4,10-16H2,1-3H3. The van der Waals surface area contributed by atoms with Crippen molar-refractivity contribution in [2.24, 2.45) is 11.3 Å². The first-order valence-corrected chi connectivity index (χ1v) is 9.66. The summed E-state index contributed by atoms with van der Waals surface area (Å²) in [5.41, 5.74) is 0.872. The lowest BCUT2D eigenvalue weighted by atomic mass is 9.84. The van der Waals surface area contributed by atoms with E-state index < -0.39 is 0 Å². The molecular formula is C21H32N2O2. The van der Waals surface area contributed by atoms with Crippen LogP contribution in [0.1, 0.15) is 32.8 Å². The van der Waals surface area contributed by atoms with E-state index in [4.69, 9.17) is 4.74 Å². The van der Waals surface area contributed by atoms with Crippen molar-refractivity contribution < 1.29 is 9.53 Å². The summed E-state index contributed by atoms with van der Waals surface area (Å²) in [4.78, 5) is 17.9. The Balaban J connectivity index is 1.67. The number of amides is 1. The molecule has 25 heavy (non-hydrogen) atoms. The largest absolute Gasteiger partial charge is 0.379 e. The van der Waals surface area contributed by atoms with Crippen LogP contribution in [0.4, 0.5) is 0 Å². The Kier molecular flexibility index (Phi) is 5.80. The zero-order valence-electron chi connectivity index (χ0n) is 15.9. The fourth-order valence-electron chi connectivity index (χ4n) is 4.35. The average Bonchev–Trinajstić information content (AvgIpc) is 3.06. The lowest BCUT2D eigenvalue weighted by Gasteiger charge is -2.35. The molecular weight excluding hydrogens is 312 g/mol. The Labute approximate surface area is 152 Å². The molecule has 4 nitrogen and oxygen atoms in total. The van der Waals surface area contributed by atoms with Crippen molar-refractivity contribution in [3.8, 4) is 0 Å². The summed E-state index contributed by atoms with van der Waals surface area (Å²) in [6.07, 6.45) is 1.92. The van der Waals surface area contributed by atoms with Gasteiger partial charge in [0.1, 0.15) is 0 Å². The quantitative estimate of drug-likeness (QED) is 0.823. The lowest BCUT2D eigenvalue weighted by molar-refractivity contribution is -0.139. The van der Waals surface area contributed by atoms with Gasteiger partial charge in [-0.2, -0.15) is 0 Å². The maximum atomic E-state index is 13.2. The van der Waals surface area contributed by atoms with Crippen LogP contribution in [0.25, 0.3) is 0 Å². The molecule has 2 aliphatic rings. The number of carbonyl (C=O) groups excluding carboxylic acids is 1. The Bertz CT molecular complexity index is 567. The molecule has 138 valence electrons. The monoisotopic (exact) mass is 344 g/mol. The third kappa shape index (κ3) is 4.24. The number of rotatable bonds is 5. The van der Waals surface area contributed by atoms with Gasteiger partial charge in [-0.15, -0.1) is 0 Å². The third-order valence-electron chi connectivity index (χ3n) is 5.80. The number of hydrogen-bond acceptors (Lipinski definition) is 3. The van der Waals surface area contributed by atoms with Crippen LogP contribution < -0.4 is 0 Å². The molecule has 2 saturated heterocycles. The molecule has 2 fully saturated rings. The average molecular weight is 344 g/mol. The van der Waals surface area contributed by atoms with Crippen molar-refractivity contribution in [2.75, 3.05) is 39.4 Å². The van der Waals surface area contributed by atoms with Crippen molar-refractivity contribution in [1.82, 2.24) is 9.80 Å². The van der Waals surface area contributed by atoms with Crippen LogP contribution in [0.3, 0.4) is 0 Å². The van der Waals surface area contributed by atoms with Gasteiger partial charge in [0.25, 0.3) is 0 Å². The summed E-state index contributed by atoms with van der Waals surface area (Å²) < 4.78 is 5.50. The summed E-state index contributed by atoms with van der Waals surface area (Å²) in [6.45, 7) is 11.8. The van der Waals surface area contributed by atoms with E-state index in [1.165, 1.54) is 5.56 Å². The SMILES string of the molecule is CCC1CN(C(=O)C(C)(C)Cc2ccccc2)CC1N1CCOCC1. The molecule has 1 aromatic carbocycles. The summed E-state index contributed by atoms with van der Waals surface area (Å²) in [5.74, 6) is 0.875. The Morgan fingerprint density at radius 2 is 1.84 bits per heavy atom. The van der Waals surface area contributed by atoms with E-state index in [-0.39, 0.29) is 5.41 Å². The zero-order valence-corrected chi connectivity index (χ0v) is 15.9. The fraction of sp³-hybridized carbons (Fsp3) is 0.667. The highest BCUT2D eigenvalue weighted by Gasteiger charge is 2.42. The number of benzene rings is 1. The van der Waals surface area contributed by atoms with Crippen molar-refractivity contribution in [3.05, 3.63) is 35.9 Å². The van der Waals surface area contributed by atoms with E-state index >= 15 is 0 Å². The minimum atomic E-state index is -0.362. The lowest BCUT2D eigenvalue weighted by Crippen LogP contribution is -2.48. The smallest absolute Gasteiger partial charge is 0.228 e. The van der Waals surface area contributed by atoms with E-state index in [9.17, 15) is 4.79 Å². The number of carbonyl (C=O) groups is 1. The number of ether oxygens (including phenoxy) is 1. The number of morpholine rings is 1. The topological polar surface area (TPSA) is 32.8 Å². The molecule has 3 rings (SSSR count). The molecule has 2 aliphatic heterocycles. The van der Waals surface area contributed by atoms with Gasteiger partial charge in [0, 0.05) is 37.6 Å². The zero-order chi connectivity index (χ0) is 17.9. The van der Waals surface area contributed by atoms with Crippen LogP contribution in [0.15, 0.2) is 30.3 Å². The van der Waals surface area contributed by atoms with Crippen molar-refractivity contribution >= 4 is 5.91 Å². The highest BCUT2D eigenvalue weighted by atomic mass is 16.5. The summed E-state index contributed by atoms with van der Waals surface area (Å²) in [7, 11) is 0. The van der Waals surface area contributed by atoms with E-state index in [1.807, 2.05) is 18.2 Å². The van der Waals surface area contributed by atoms with Gasteiger partial charge >= 0.3 is 0 Å². The van der Waals surface area contributed by atoms with Gasteiger partial charge in [-0.3, -0.25) is 9.69 Å². The maximum Gasteiger partial charge on any atom is 0.228 e. The molecule has 2 unspecified atom stereocenters. The highest BCUT2D eigenvalue weighted by molar-refractivity contribution is 5.82. The predicted octanol–water partition coefficient (Wildman–Crippen LogP) is 2.82. The second kappa shape index (κ2) is 7.88. The molecule has 0 N–H and O–H groups in total. The van der Waals surface area contributed by atoms with Crippen molar-refractivity contribution in [3.63, 3.8) is 0 Å². The van der Waals surface area contributed by atoms with Crippen LogP contribution in [0, 0.1) is 11.3 Å². The maximum absolute atomic E-state index is 13.2. The van der Waals surface area contributed by atoms with E-state index in [0.717, 1.165) is 52.2 Å². The Morgan fingerprint density at radius 3 is 2.48 bits per heavy atom. The summed E-state index contributed by atoms with van der Waals surface area (Å²) in [6, 6.07) is 10.8. The number of likely N-dealkylation sites (tertiary alicyclic amines) is 1. The Hall–Kier alpha value is -1.39. The minimum Gasteiger partial charge on any atom is -0.379 e. The molecule has 1 aromatic rings. The van der Waals surface area contributed by atoms with Gasteiger partial charge in [-0.25, -0.2) is 0 Å². The van der Waals surface area contributed by atoms with Gasteiger partial charge in [-0.05, 0) is 17.9 Å². The second-order valence-electron chi connectivity index (χ2n) is 8.14. The molecule has 1 amide bonds. The van der Waals surface area contributed by atoms with Crippen LogP contribution in [0.5, 0.6) is 0 Å². The third-order valence-corrected chi connectivity index (χ3v) is 5.80. The van der Waals surface area contributed by atoms with Gasteiger partial charge < -0.3 is 9.64 Å². The van der Waals surface area contributed by atoms with E-state index in [0.29, 0.717) is 17.9 Å². The molecule has 0 spiro atoms. The predicted molar refractivity (Wildman–Crippen MR) is 100 cm³/mol. The first kappa shape index (κ1) is 18.4. The second-order valence-corrected chi connectivity index (χ2v) is 8.14. The Morgan fingerprint density at radius 1 is 1.16 bits per heavy atom. The van der Waals surface area contributed by atoms with Gasteiger partial charge in [0.05, 0.1) is 13.2 Å². The van der Waals surface area contributed by atoms with Crippen molar-refractivity contribution in [1.29, 1.82) is 0 Å². The van der Waals surface area contributed by atoms with Crippen LogP contribution >= 0.6 is 0 Å². The fourth-order valence-corrected chi connectivity index (χ4v) is 4.35. The molecule has 2 heterocycles. The van der Waals surface area contributed by atoms with Gasteiger partial charge in [-0.1, -0.05) is 57.5 Å². The molecule has 0 aliphatic carbocycles. The van der Waals surface area contributed by atoms with E-state index in [1.54, 1.807) is 0 Å². The molecule has 0 bridgehead atoms. The summed E-state index contributed by atoms with van der Waals surface area (Å²) in [5, 5.41) is 0.